The topological polar surface area (TPSA) is 132 Å². The van der Waals surface area contributed by atoms with E-state index in [4.69, 9.17) is 5.73 Å². The number of aliphatic carboxylic acids is 1. The number of amides is 2. The normalized spacial score (nSPS) is 15.0. The van der Waals surface area contributed by atoms with Gasteiger partial charge in [-0.25, -0.2) is 4.98 Å². The molecule has 2 amide bonds. The third kappa shape index (κ3) is 5.52. The highest BCUT2D eigenvalue weighted by molar-refractivity contribution is 5.97. The Bertz CT molecular complexity index is 951. The van der Waals surface area contributed by atoms with Crippen LogP contribution in [0.2, 0.25) is 0 Å². The average molecular weight is 396 g/mol. The first-order valence-electron chi connectivity index (χ1n) is 9.22. The summed E-state index contributed by atoms with van der Waals surface area (Å²) >= 11 is 0. The summed E-state index contributed by atoms with van der Waals surface area (Å²) in [4.78, 5) is 42.2. The molecule has 1 aliphatic heterocycles. The van der Waals surface area contributed by atoms with E-state index in [9.17, 15) is 19.5 Å². The fourth-order valence-electron chi connectivity index (χ4n) is 3.16. The Morgan fingerprint density at radius 1 is 1.14 bits per heavy atom. The maximum absolute atomic E-state index is 12.2. The number of hydrogen-bond donors (Lipinski definition) is 2. The van der Waals surface area contributed by atoms with Crippen LogP contribution in [0, 0.1) is 0 Å². The molecule has 0 bridgehead atoms. The summed E-state index contributed by atoms with van der Waals surface area (Å²) in [6.07, 6.45) is 4.07. The number of carbonyl (C=O) groups is 3. The number of nitrogens with one attached hydrogen (secondary N) is 1. The number of aromatic nitrogens is 1. The number of rotatable bonds is 6. The van der Waals surface area contributed by atoms with Crippen LogP contribution in [0.1, 0.15) is 5.56 Å². The number of anilines is 1. The molecule has 9 heteroatoms. The van der Waals surface area contributed by atoms with E-state index >= 15 is 0 Å². The molecule has 9 nitrogen and oxygen atoms in total. The van der Waals surface area contributed by atoms with E-state index in [0.29, 0.717) is 38.5 Å². The second-order valence-corrected chi connectivity index (χ2v) is 6.78. The van der Waals surface area contributed by atoms with Crippen LogP contribution in [0.25, 0.3) is 10.8 Å². The van der Waals surface area contributed by atoms with Crippen molar-refractivity contribution in [2.45, 2.75) is 6.54 Å². The first-order valence-corrected chi connectivity index (χ1v) is 9.22. The molecule has 3 N–H and O–H groups in total. The summed E-state index contributed by atoms with van der Waals surface area (Å²) in [5.41, 5.74) is 6.75. The monoisotopic (exact) mass is 396 g/mol. The van der Waals surface area contributed by atoms with Crippen molar-refractivity contribution in [2.24, 2.45) is 0 Å². The molecule has 0 unspecified atom stereocenters. The first kappa shape index (κ1) is 20.3. The minimum Gasteiger partial charge on any atom is -0.549 e. The highest BCUT2D eigenvalue weighted by Crippen LogP contribution is 2.20. The van der Waals surface area contributed by atoms with E-state index in [1.54, 1.807) is 16.0 Å². The van der Waals surface area contributed by atoms with Gasteiger partial charge < -0.3 is 25.9 Å². The Kier molecular flexibility index (Phi) is 6.40. The second kappa shape index (κ2) is 9.16. The van der Waals surface area contributed by atoms with Crippen LogP contribution in [0.3, 0.4) is 0 Å². The fraction of sp³-hybridized carbons (Fsp3) is 0.300. The number of piperazine rings is 1. The number of carboxylic acids is 1. The van der Waals surface area contributed by atoms with Gasteiger partial charge in [0.2, 0.25) is 11.8 Å². The number of carbonyl (C=O) groups excluding carboxylic acids is 3. The lowest BCUT2D eigenvalue weighted by Gasteiger charge is -2.34. The van der Waals surface area contributed by atoms with E-state index in [2.05, 4.69) is 10.3 Å². The molecule has 2 aromatic rings. The van der Waals surface area contributed by atoms with Gasteiger partial charge in [-0.15, -0.1) is 0 Å². The number of fused-ring (bicyclic) bond motifs is 1. The van der Waals surface area contributed by atoms with Crippen LogP contribution in [0.15, 0.2) is 42.6 Å². The van der Waals surface area contributed by atoms with Crippen molar-refractivity contribution in [1.29, 1.82) is 0 Å². The van der Waals surface area contributed by atoms with Crippen molar-refractivity contribution >= 4 is 34.4 Å². The van der Waals surface area contributed by atoms with E-state index in [-0.39, 0.29) is 18.4 Å². The number of pyridine rings is 1. The van der Waals surface area contributed by atoms with Gasteiger partial charge in [0.05, 0.1) is 5.97 Å². The summed E-state index contributed by atoms with van der Waals surface area (Å²) in [6, 6.07) is 7.54. The molecule has 3 rings (SSSR count). The molecule has 1 fully saturated rings. The molecular weight excluding hydrogens is 374 g/mol. The molecule has 2 heterocycles. The minimum atomic E-state index is -1.13. The molecule has 1 aromatic carbocycles. The Morgan fingerprint density at radius 3 is 2.62 bits per heavy atom. The Labute approximate surface area is 167 Å². The average Bonchev–Trinajstić information content (AvgIpc) is 2.71. The minimum absolute atomic E-state index is 0.142. The van der Waals surface area contributed by atoms with Gasteiger partial charge in [0.15, 0.2) is 0 Å². The van der Waals surface area contributed by atoms with Crippen LogP contribution in [0.5, 0.6) is 0 Å². The quantitative estimate of drug-likeness (QED) is 0.592. The first-order chi connectivity index (χ1) is 13.9. The Balaban J connectivity index is 1.48. The fourth-order valence-corrected chi connectivity index (χ4v) is 3.16. The SMILES string of the molecule is Nc1nccc2ccc(CNC(=O)/C=C/C(=O)N3CCN(CC(=O)[O-])CC3)cc12. The van der Waals surface area contributed by atoms with E-state index in [1.807, 2.05) is 24.3 Å². The molecule has 1 aromatic heterocycles. The molecule has 0 spiro atoms. The predicted octanol–water partition coefficient (Wildman–Crippen LogP) is -1.12. The van der Waals surface area contributed by atoms with Crippen molar-refractivity contribution in [3.05, 3.63) is 48.2 Å². The molecule has 152 valence electrons. The molecule has 1 saturated heterocycles. The highest BCUT2D eigenvalue weighted by Gasteiger charge is 2.19. The smallest absolute Gasteiger partial charge is 0.246 e. The summed E-state index contributed by atoms with van der Waals surface area (Å²) < 4.78 is 0. The largest absolute Gasteiger partial charge is 0.549 e. The van der Waals surface area contributed by atoms with Gasteiger partial charge in [-0.2, -0.15) is 0 Å². The molecule has 0 radical (unpaired) electrons. The van der Waals surface area contributed by atoms with Crippen molar-refractivity contribution < 1.29 is 19.5 Å². The van der Waals surface area contributed by atoms with Crippen LogP contribution in [-0.2, 0) is 20.9 Å². The third-order valence-corrected chi connectivity index (χ3v) is 4.74. The maximum atomic E-state index is 12.2. The van der Waals surface area contributed by atoms with Crippen molar-refractivity contribution in [3.63, 3.8) is 0 Å². The molecule has 0 saturated carbocycles. The molecule has 1 aliphatic rings. The van der Waals surface area contributed by atoms with Gasteiger partial charge in [0, 0.05) is 63.0 Å². The van der Waals surface area contributed by atoms with Gasteiger partial charge in [0.1, 0.15) is 5.82 Å². The number of carboxylic acid groups (broad SMARTS) is 1. The number of benzene rings is 1. The second-order valence-electron chi connectivity index (χ2n) is 6.78. The van der Waals surface area contributed by atoms with Crippen LogP contribution < -0.4 is 16.2 Å². The molecule has 0 atom stereocenters. The Morgan fingerprint density at radius 2 is 1.90 bits per heavy atom. The maximum Gasteiger partial charge on any atom is 0.246 e. The number of nitrogen functional groups attached to an aromatic ring is 1. The lowest BCUT2D eigenvalue weighted by Crippen LogP contribution is -2.51. The summed E-state index contributed by atoms with van der Waals surface area (Å²) in [6.45, 7) is 1.88. The Hall–Kier alpha value is -3.46. The van der Waals surface area contributed by atoms with Crippen LogP contribution in [0.4, 0.5) is 5.82 Å². The zero-order valence-electron chi connectivity index (χ0n) is 15.8. The molecular formula is C20H22N5O4-. The van der Waals surface area contributed by atoms with Gasteiger partial charge in [-0.05, 0) is 23.1 Å². The van der Waals surface area contributed by atoms with Crippen LogP contribution >= 0.6 is 0 Å². The number of nitrogens with zero attached hydrogens (tertiary/aromatic N) is 3. The summed E-state index contributed by atoms with van der Waals surface area (Å²) in [5.74, 6) is -1.36. The number of nitrogens with two attached hydrogens (primary N) is 1. The van der Waals surface area contributed by atoms with Crippen molar-refractivity contribution in [2.75, 3.05) is 38.5 Å². The molecule has 0 aliphatic carbocycles. The van der Waals surface area contributed by atoms with Crippen LogP contribution in [-0.4, -0.2) is 65.3 Å². The van der Waals surface area contributed by atoms with Gasteiger partial charge >= 0.3 is 0 Å². The lowest BCUT2D eigenvalue weighted by atomic mass is 10.1. The number of hydrogen-bond acceptors (Lipinski definition) is 7. The van der Waals surface area contributed by atoms with Gasteiger partial charge in [-0.3, -0.25) is 14.5 Å². The third-order valence-electron chi connectivity index (χ3n) is 4.74. The summed E-state index contributed by atoms with van der Waals surface area (Å²) in [5, 5.41) is 15.1. The molecule has 29 heavy (non-hydrogen) atoms. The van der Waals surface area contributed by atoms with Crippen molar-refractivity contribution in [1.82, 2.24) is 20.1 Å². The zero-order valence-corrected chi connectivity index (χ0v) is 15.8. The summed E-state index contributed by atoms with van der Waals surface area (Å²) in [7, 11) is 0. The standard InChI is InChI=1S/C20H23N5O4/c21-20-16-11-14(1-2-15(16)5-6-22-20)12-23-17(26)3-4-18(27)25-9-7-24(8-10-25)13-19(28)29/h1-6,11H,7-10,12-13H2,(H2,21,22)(H,23,26)(H,28,29)/p-1/b4-3+. The zero-order chi connectivity index (χ0) is 20.8. The highest BCUT2D eigenvalue weighted by atomic mass is 16.4. The van der Waals surface area contributed by atoms with E-state index < -0.39 is 5.97 Å². The van der Waals surface area contributed by atoms with E-state index in [0.717, 1.165) is 16.3 Å². The lowest BCUT2D eigenvalue weighted by molar-refractivity contribution is -0.306. The van der Waals surface area contributed by atoms with Crippen molar-refractivity contribution in [3.8, 4) is 0 Å². The van der Waals surface area contributed by atoms with E-state index in [1.165, 1.54) is 12.2 Å². The van der Waals surface area contributed by atoms with Gasteiger partial charge in [-0.1, -0.05) is 12.1 Å². The van der Waals surface area contributed by atoms with Gasteiger partial charge in [0.25, 0.3) is 0 Å². The predicted molar refractivity (Wildman–Crippen MR) is 105 cm³/mol.